The summed E-state index contributed by atoms with van der Waals surface area (Å²) in [6.45, 7) is 5.99. The van der Waals surface area contributed by atoms with Gasteiger partial charge in [0.2, 0.25) is 5.95 Å². The Kier molecular flexibility index (Phi) is 5.35. The lowest BCUT2D eigenvalue weighted by atomic mass is 10.1. The molecule has 1 heterocycles. The third kappa shape index (κ3) is 4.41. The van der Waals surface area contributed by atoms with Gasteiger partial charge in [-0.05, 0) is 50.1 Å². The molecule has 2 N–H and O–H groups in total. The lowest BCUT2D eigenvalue weighted by Crippen LogP contribution is -2.16. The first kappa shape index (κ1) is 18.4. The Bertz CT molecular complexity index is 962. The summed E-state index contributed by atoms with van der Waals surface area (Å²) in [6, 6.07) is 13.1. The molecule has 0 bridgehead atoms. The van der Waals surface area contributed by atoms with Crippen LogP contribution >= 0.6 is 0 Å². The Morgan fingerprint density at radius 1 is 1.04 bits per heavy atom. The average molecular weight is 362 g/mol. The van der Waals surface area contributed by atoms with Crippen LogP contribution in [0.15, 0.2) is 48.7 Å². The van der Waals surface area contributed by atoms with Crippen molar-refractivity contribution in [1.29, 1.82) is 0 Å². The van der Waals surface area contributed by atoms with E-state index in [1.165, 1.54) is 0 Å². The Labute approximate surface area is 158 Å². The van der Waals surface area contributed by atoms with Crippen molar-refractivity contribution in [2.75, 3.05) is 17.7 Å². The van der Waals surface area contributed by atoms with Gasteiger partial charge in [-0.2, -0.15) is 0 Å². The predicted molar refractivity (Wildman–Crippen MR) is 107 cm³/mol. The number of anilines is 3. The average Bonchev–Trinajstić information content (AvgIpc) is 2.65. The molecule has 0 aliphatic heterocycles. The van der Waals surface area contributed by atoms with E-state index in [9.17, 15) is 4.79 Å². The zero-order chi connectivity index (χ0) is 19.4. The minimum Gasteiger partial charge on any atom is -0.497 e. The summed E-state index contributed by atoms with van der Waals surface area (Å²) in [5.41, 5.74) is 5.07. The minimum absolute atomic E-state index is 0.277. The number of rotatable bonds is 5. The number of aromatic nitrogens is 2. The summed E-state index contributed by atoms with van der Waals surface area (Å²) in [4.78, 5) is 21.2. The Morgan fingerprint density at radius 3 is 2.48 bits per heavy atom. The molecule has 6 nitrogen and oxygen atoms in total. The molecule has 0 aliphatic carbocycles. The molecule has 0 radical (unpaired) electrons. The molecule has 0 unspecified atom stereocenters. The highest BCUT2D eigenvalue weighted by molar-refractivity contribution is 6.03. The van der Waals surface area contributed by atoms with Gasteiger partial charge in [-0.25, -0.2) is 9.97 Å². The third-order valence-electron chi connectivity index (χ3n) is 4.13. The highest BCUT2D eigenvalue weighted by atomic mass is 16.5. The van der Waals surface area contributed by atoms with Crippen LogP contribution in [0.3, 0.4) is 0 Å². The van der Waals surface area contributed by atoms with E-state index in [-0.39, 0.29) is 11.6 Å². The van der Waals surface area contributed by atoms with E-state index in [1.54, 1.807) is 19.4 Å². The van der Waals surface area contributed by atoms with Crippen LogP contribution in [0.2, 0.25) is 0 Å². The van der Waals surface area contributed by atoms with Crippen LogP contribution in [0.1, 0.15) is 27.2 Å². The van der Waals surface area contributed by atoms with E-state index < -0.39 is 0 Å². The number of hydrogen-bond acceptors (Lipinski definition) is 5. The lowest BCUT2D eigenvalue weighted by Gasteiger charge is -2.13. The number of methoxy groups -OCH3 is 1. The third-order valence-corrected chi connectivity index (χ3v) is 4.13. The molecular weight excluding hydrogens is 340 g/mol. The number of aryl methyl sites for hydroxylation is 3. The smallest absolute Gasteiger partial charge is 0.274 e. The van der Waals surface area contributed by atoms with Crippen LogP contribution < -0.4 is 15.4 Å². The number of benzene rings is 2. The maximum absolute atomic E-state index is 12.7. The first-order chi connectivity index (χ1) is 13.0. The van der Waals surface area contributed by atoms with Gasteiger partial charge in [-0.1, -0.05) is 23.8 Å². The predicted octanol–water partition coefficient (Wildman–Crippen LogP) is 4.41. The second-order valence-corrected chi connectivity index (χ2v) is 6.35. The second kappa shape index (κ2) is 7.86. The normalized spacial score (nSPS) is 10.4. The number of carbonyl (C=O) groups excluding carboxylic acids is 1. The van der Waals surface area contributed by atoms with Crippen molar-refractivity contribution in [2.24, 2.45) is 0 Å². The maximum atomic E-state index is 12.7. The summed E-state index contributed by atoms with van der Waals surface area (Å²) in [5.74, 6) is 0.786. The molecule has 138 valence electrons. The van der Waals surface area contributed by atoms with E-state index in [4.69, 9.17) is 4.74 Å². The molecule has 0 atom stereocenters. The van der Waals surface area contributed by atoms with Crippen LogP contribution in [0.5, 0.6) is 5.75 Å². The Hall–Kier alpha value is -3.41. The summed E-state index contributed by atoms with van der Waals surface area (Å²) < 4.78 is 5.21. The van der Waals surface area contributed by atoms with Gasteiger partial charge in [0.05, 0.1) is 7.11 Å². The molecular formula is C21H22N4O2. The number of nitrogens with zero attached hydrogens (tertiary/aromatic N) is 2. The van der Waals surface area contributed by atoms with Gasteiger partial charge in [-0.15, -0.1) is 0 Å². The van der Waals surface area contributed by atoms with Crippen LogP contribution in [0.25, 0.3) is 0 Å². The fourth-order valence-corrected chi connectivity index (χ4v) is 2.93. The molecule has 2 aromatic carbocycles. The Morgan fingerprint density at radius 2 is 1.78 bits per heavy atom. The summed E-state index contributed by atoms with van der Waals surface area (Å²) in [6.07, 6.45) is 1.55. The van der Waals surface area contributed by atoms with E-state index >= 15 is 0 Å². The van der Waals surface area contributed by atoms with Crippen LogP contribution in [0, 0.1) is 20.8 Å². The molecule has 3 rings (SSSR count). The summed E-state index contributed by atoms with van der Waals surface area (Å²) in [5, 5.41) is 6.04. The molecule has 0 saturated heterocycles. The molecule has 3 aromatic rings. The van der Waals surface area contributed by atoms with Crippen LogP contribution in [-0.4, -0.2) is 23.0 Å². The summed E-state index contributed by atoms with van der Waals surface area (Å²) in [7, 11) is 1.61. The Balaban J connectivity index is 1.80. The first-order valence-electron chi connectivity index (χ1n) is 8.59. The van der Waals surface area contributed by atoms with Gasteiger partial charge in [0.25, 0.3) is 5.91 Å². The lowest BCUT2D eigenvalue weighted by molar-refractivity contribution is 0.102. The number of amides is 1. The summed E-state index contributed by atoms with van der Waals surface area (Å²) >= 11 is 0. The molecule has 6 heteroatoms. The molecule has 0 spiro atoms. The van der Waals surface area contributed by atoms with Crippen molar-refractivity contribution in [1.82, 2.24) is 9.97 Å². The fourth-order valence-electron chi connectivity index (χ4n) is 2.93. The van der Waals surface area contributed by atoms with Gasteiger partial charge in [-0.3, -0.25) is 4.79 Å². The van der Waals surface area contributed by atoms with Gasteiger partial charge < -0.3 is 15.4 Å². The van der Waals surface area contributed by atoms with E-state index in [0.717, 1.165) is 33.8 Å². The van der Waals surface area contributed by atoms with Gasteiger partial charge in [0, 0.05) is 23.6 Å². The van der Waals surface area contributed by atoms with Crippen molar-refractivity contribution in [3.05, 3.63) is 71.0 Å². The SMILES string of the molecule is COc1cccc(Nc2nccc(C(=O)Nc3c(C)cc(C)cc3C)n2)c1. The highest BCUT2D eigenvalue weighted by Gasteiger charge is 2.13. The van der Waals surface area contributed by atoms with Crippen molar-refractivity contribution >= 4 is 23.2 Å². The van der Waals surface area contributed by atoms with E-state index in [1.807, 2.05) is 57.2 Å². The zero-order valence-electron chi connectivity index (χ0n) is 15.8. The molecule has 1 amide bonds. The quantitative estimate of drug-likeness (QED) is 0.703. The maximum Gasteiger partial charge on any atom is 0.274 e. The van der Waals surface area contributed by atoms with Gasteiger partial charge in [0.15, 0.2) is 0 Å². The van der Waals surface area contributed by atoms with Crippen molar-refractivity contribution in [2.45, 2.75) is 20.8 Å². The molecule has 27 heavy (non-hydrogen) atoms. The first-order valence-corrected chi connectivity index (χ1v) is 8.59. The van der Waals surface area contributed by atoms with Crippen LogP contribution in [0.4, 0.5) is 17.3 Å². The van der Waals surface area contributed by atoms with Crippen molar-refractivity contribution in [3.63, 3.8) is 0 Å². The highest BCUT2D eigenvalue weighted by Crippen LogP contribution is 2.23. The minimum atomic E-state index is -0.277. The molecule has 0 fully saturated rings. The second-order valence-electron chi connectivity index (χ2n) is 6.35. The number of ether oxygens (including phenoxy) is 1. The number of carbonyl (C=O) groups is 1. The largest absolute Gasteiger partial charge is 0.497 e. The van der Waals surface area contributed by atoms with E-state index in [0.29, 0.717) is 5.95 Å². The molecule has 0 saturated carbocycles. The van der Waals surface area contributed by atoms with Gasteiger partial charge in [0.1, 0.15) is 11.4 Å². The molecule has 1 aromatic heterocycles. The van der Waals surface area contributed by atoms with E-state index in [2.05, 4.69) is 20.6 Å². The number of hydrogen-bond donors (Lipinski definition) is 2. The fraction of sp³-hybridized carbons (Fsp3) is 0.190. The zero-order valence-corrected chi connectivity index (χ0v) is 15.8. The van der Waals surface area contributed by atoms with Crippen molar-refractivity contribution in [3.8, 4) is 5.75 Å². The number of nitrogens with one attached hydrogen (secondary N) is 2. The monoisotopic (exact) mass is 362 g/mol. The standard InChI is InChI=1S/C21H22N4O2/c1-13-10-14(2)19(15(3)11-13)25-20(26)18-8-9-22-21(24-18)23-16-6-5-7-17(12-16)27-4/h5-12H,1-4H3,(H,25,26)(H,22,23,24). The van der Waals surface area contributed by atoms with Crippen LogP contribution in [-0.2, 0) is 0 Å². The molecule has 0 aliphatic rings. The van der Waals surface area contributed by atoms with Gasteiger partial charge >= 0.3 is 0 Å². The van der Waals surface area contributed by atoms with Crippen molar-refractivity contribution < 1.29 is 9.53 Å². The topological polar surface area (TPSA) is 76.1 Å².